The third-order valence-electron chi connectivity index (χ3n) is 5.08. The summed E-state index contributed by atoms with van der Waals surface area (Å²) in [5.41, 5.74) is 6.35. The molecule has 4 N–H and O–H groups in total. The van der Waals surface area contributed by atoms with Crippen molar-refractivity contribution in [1.29, 1.82) is 0 Å². The zero-order chi connectivity index (χ0) is 9.92. The van der Waals surface area contributed by atoms with E-state index in [1.165, 1.54) is 19.3 Å². The molecule has 3 rings (SSSR count). The van der Waals surface area contributed by atoms with Crippen molar-refractivity contribution in [3.8, 4) is 0 Å². The topological polar surface area (TPSA) is 66.5 Å². The molecule has 6 atom stereocenters. The zero-order valence-electron chi connectivity index (χ0n) is 8.39. The molecule has 0 heterocycles. The molecule has 3 aliphatic carbocycles. The predicted molar refractivity (Wildman–Crippen MR) is 52.5 cm³/mol. The van der Waals surface area contributed by atoms with E-state index < -0.39 is 12.2 Å². The lowest BCUT2D eigenvalue weighted by atomic mass is 9.69. The molecule has 3 aliphatic rings. The fraction of sp³-hybridized carbons (Fsp3) is 1.00. The molecule has 3 saturated carbocycles. The van der Waals surface area contributed by atoms with Crippen molar-refractivity contribution in [2.45, 2.75) is 50.4 Å². The quantitative estimate of drug-likeness (QED) is 0.521. The van der Waals surface area contributed by atoms with Crippen molar-refractivity contribution in [1.82, 2.24) is 0 Å². The maximum Gasteiger partial charge on any atom is 0.0805 e. The van der Waals surface area contributed by atoms with Gasteiger partial charge in [-0.1, -0.05) is 0 Å². The van der Waals surface area contributed by atoms with E-state index in [1.54, 1.807) is 0 Å². The molecule has 2 unspecified atom stereocenters. The second kappa shape index (κ2) is 2.71. The van der Waals surface area contributed by atoms with Gasteiger partial charge in [0.2, 0.25) is 0 Å². The van der Waals surface area contributed by atoms with Crippen molar-refractivity contribution in [2.75, 3.05) is 0 Å². The monoisotopic (exact) mass is 197 g/mol. The van der Waals surface area contributed by atoms with Crippen LogP contribution < -0.4 is 5.73 Å². The molecule has 0 amide bonds. The standard InChI is InChI=1S/C11H19NO2/c12-10-6-1-2-7(3-6)11(10)4-8(13)9(14)5-11/h6-10,13-14H,1-5,12H2/t6-,7+,8-,9?,10+,11?/m0/s1. The van der Waals surface area contributed by atoms with Crippen LogP contribution in [-0.2, 0) is 0 Å². The third kappa shape index (κ3) is 0.930. The first-order chi connectivity index (χ1) is 6.63. The van der Waals surface area contributed by atoms with Crippen LogP contribution in [0.15, 0.2) is 0 Å². The first-order valence-electron chi connectivity index (χ1n) is 5.75. The lowest BCUT2D eigenvalue weighted by Crippen LogP contribution is -2.45. The van der Waals surface area contributed by atoms with Gasteiger partial charge in [-0.05, 0) is 49.4 Å². The second-order valence-corrected chi connectivity index (χ2v) is 5.57. The summed E-state index contributed by atoms with van der Waals surface area (Å²) in [5, 5.41) is 19.3. The smallest absolute Gasteiger partial charge is 0.0805 e. The molecule has 3 heteroatoms. The summed E-state index contributed by atoms with van der Waals surface area (Å²) < 4.78 is 0. The van der Waals surface area contributed by atoms with Gasteiger partial charge in [0.1, 0.15) is 0 Å². The average Bonchev–Trinajstić information content (AvgIpc) is 2.76. The van der Waals surface area contributed by atoms with Gasteiger partial charge in [0.25, 0.3) is 0 Å². The summed E-state index contributed by atoms with van der Waals surface area (Å²) >= 11 is 0. The Morgan fingerprint density at radius 1 is 1.07 bits per heavy atom. The van der Waals surface area contributed by atoms with Gasteiger partial charge in [-0.25, -0.2) is 0 Å². The predicted octanol–water partition coefficient (Wildman–Crippen LogP) is 0.246. The van der Waals surface area contributed by atoms with E-state index in [2.05, 4.69) is 0 Å². The van der Waals surface area contributed by atoms with E-state index in [4.69, 9.17) is 5.73 Å². The van der Waals surface area contributed by atoms with Crippen LogP contribution in [-0.4, -0.2) is 28.5 Å². The van der Waals surface area contributed by atoms with Crippen molar-refractivity contribution in [3.05, 3.63) is 0 Å². The lowest BCUT2D eigenvalue weighted by molar-refractivity contribution is 0.0438. The summed E-state index contributed by atoms with van der Waals surface area (Å²) in [6, 6.07) is 0.230. The number of aliphatic hydroxyl groups is 2. The van der Waals surface area contributed by atoms with Crippen molar-refractivity contribution in [2.24, 2.45) is 23.0 Å². The maximum absolute atomic E-state index is 9.66. The molecule has 1 spiro atoms. The Balaban J connectivity index is 1.91. The van der Waals surface area contributed by atoms with Gasteiger partial charge in [0.15, 0.2) is 0 Å². The van der Waals surface area contributed by atoms with E-state index >= 15 is 0 Å². The molecule has 0 aromatic heterocycles. The van der Waals surface area contributed by atoms with E-state index in [1.807, 2.05) is 0 Å². The molecule has 2 bridgehead atoms. The molecule has 0 aliphatic heterocycles. The maximum atomic E-state index is 9.66. The van der Waals surface area contributed by atoms with E-state index in [-0.39, 0.29) is 11.5 Å². The van der Waals surface area contributed by atoms with Crippen molar-refractivity contribution < 1.29 is 10.2 Å². The van der Waals surface area contributed by atoms with Gasteiger partial charge in [0.05, 0.1) is 12.2 Å². The van der Waals surface area contributed by atoms with Crippen LogP contribution in [0.2, 0.25) is 0 Å². The van der Waals surface area contributed by atoms with Gasteiger partial charge in [0, 0.05) is 6.04 Å². The van der Waals surface area contributed by atoms with Gasteiger partial charge in [-0.2, -0.15) is 0 Å². The number of aliphatic hydroxyl groups excluding tert-OH is 2. The minimum absolute atomic E-state index is 0.0851. The molecule has 3 fully saturated rings. The van der Waals surface area contributed by atoms with E-state index in [0.29, 0.717) is 11.8 Å². The zero-order valence-corrected chi connectivity index (χ0v) is 8.39. The van der Waals surface area contributed by atoms with Crippen LogP contribution in [0.1, 0.15) is 32.1 Å². The van der Waals surface area contributed by atoms with Crippen LogP contribution in [0.25, 0.3) is 0 Å². The molecule has 14 heavy (non-hydrogen) atoms. The van der Waals surface area contributed by atoms with Crippen LogP contribution in [0.3, 0.4) is 0 Å². The van der Waals surface area contributed by atoms with E-state index in [9.17, 15) is 10.2 Å². The lowest BCUT2D eigenvalue weighted by Gasteiger charge is -2.39. The Morgan fingerprint density at radius 2 is 1.71 bits per heavy atom. The van der Waals surface area contributed by atoms with Gasteiger partial charge < -0.3 is 15.9 Å². The first kappa shape index (κ1) is 9.13. The van der Waals surface area contributed by atoms with Crippen LogP contribution >= 0.6 is 0 Å². The van der Waals surface area contributed by atoms with Crippen LogP contribution in [0.4, 0.5) is 0 Å². The minimum atomic E-state index is -0.527. The number of hydrogen-bond donors (Lipinski definition) is 3. The summed E-state index contributed by atoms with van der Waals surface area (Å²) in [4.78, 5) is 0. The molecule has 80 valence electrons. The highest BCUT2D eigenvalue weighted by atomic mass is 16.3. The normalized spacial score (nSPS) is 61.5. The highest BCUT2D eigenvalue weighted by molar-refractivity contribution is 5.13. The fourth-order valence-corrected chi connectivity index (χ4v) is 4.35. The van der Waals surface area contributed by atoms with Gasteiger partial charge in [-0.3, -0.25) is 0 Å². The molecular formula is C11H19NO2. The SMILES string of the molecule is N[C@@H]1[C@H]2CC[C@H](C2)C12CC(O)[C@@H](O)C2. The first-order valence-corrected chi connectivity index (χ1v) is 5.75. The van der Waals surface area contributed by atoms with E-state index in [0.717, 1.165) is 12.8 Å². The summed E-state index contributed by atoms with van der Waals surface area (Å²) in [6.45, 7) is 0. The number of rotatable bonds is 0. The molecule has 0 radical (unpaired) electrons. The third-order valence-corrected chi connectivity index (χ3v) is 5.08. The largest absolute Gasteiger partial charge is 0.390 e. The van der Waals surface area contributed by atoms with Gasteiger partial charge >= 0.3 is 0 Å². The summed E-state index contributed by atoms with van der Waals surface area (Å²) in [7, 11) is 0. The van der Waals surface area contributed by atoms with Crippen LogP contribution in [0, 0.1) is 17.3 Å². The minimum Gasteiger partial charge on any atom is -0.390 e. The summed E-state index contributed by atoms with van der Waals surface area (Å²) in [5.74, 6) is 1.34. The summed E-state index contributed by atoms with van der Waals surface area (Å²) in [6.07, 6.45) is 4.17. The highest BCUT2D eigenvalue weighted by Gasteiger charge is 2.60. The van der Waals surface area contributed by atoms with Gasteiger partial charge in [-0.15, -0.1) is 0 Å². The van der Waals surface area contributed by atoms with Crippen molar-refractivity contribution >= 4 is 0 Å². The molecule has 0 aromatic carbocycles. The molecule has 3 nitrogen and oxygen atoms in total. The fourth-order valence-electron chi connectivity index (χ4n) is 4.35. The highest BCUT2D eigenvalue weighted by Crippen LogP contribution is 2.61. The molecular weight excluding hydrogens is 178 g/mol. The van der Waals surface area contributed by atoms with Crippen LogP contribution in [0.5, 0.6) is 0 Å². The molecule has 0 saturated heterocycles. The Kier molecular flexibility index (Phi) is 1.77. The Morgan fingerprint density at radius 3 is 2.21 bits per heavy atom. The second-order valence-electron chi connectivity index (χ2n) is 5.57. The van der Waals surface area contributed by atoms with Crippen molar-refractivity contribution in [3.63, 3.8) is 0 Å². The number of hydrogen-bond acceptors (Lipinski definition) is 3. The Bertz CT molecular complexity index is 242. The Hall–Kier alpha value is -0.120. The molecule has 0 aromatic rings. The average molecular weight is 197 g/mol. The number of fused-ring (bicyclic) bond motifs is 3. The Labute approximate surface area is 84.3 Å². The number of nitrogens with two attached hydrogens (primary N) is 1.